The Bertz CT molecular complexity index is 2220. The van der Waals surface area contributed by atoms with Crippen LogP contribution < -0.4 is 4.90 Å². The summed E-state index contributed by atoms with van der Waals surface area (Å²) in [7, 11) is 0. The van der Waals surface area contributed by atoms with Crippen LogP contribution in [0.2, 0.25) is 0 Å². The largest absolute Gasteiger partial charge is 0.456 e. The second kappa shape index (κ2) is 11.9. The Balaban J connectivity index is 1.09. The molecule has 0 amide bonds. The van der Waals surface area contributed by atoms with Gasteiger partial charge in [-0.25, -0.2) is 0 Å². The van der Waals surface area contributed by atoms with Gasteiger partial charge in [0.05, 0.1) is 0 Å². The van der Waals surface area contributed by atoms with Crippen molar-refractivity contribution in [2.75, 3.05) is 4.90 Å². The van der Waals surface area contributed by atoms with Crippen molar-refractivity contribution in [2.24, 2.45) is 5.92 Å². The van der Waals surface area contributed by atoms with E-state index in [0.29, 0.717) is 5.41 Å². The monoisotopic (exact) mass is 623 g/mol. The molecule has 0 saturated heterocycles. The van der Waals surface area contributed by atoms with Crippen LogP contribution in [0.1, 0.15) is 56.1 Å². The number of para-hydroxylation sites is 1. The van der Waals surface area contributed by atoms with Crippen LogP contribution >= 0.6 is 0 Å². The fraction of sp³-hybridized carbons (Fsp3) is 0.217. The minimum atomic E-state index is 0.416. The van der Waals surface area contributed by atoms with E-state index in [2.05, 4.69) is 139 Å². The van der Waals surface area contributed by atoms with Crippen molar-refractivity contribution < 1.29 is 4.42 Å². The van der Waals surface area contributed by atoms with Crippen LogP contribution in [0.25, 0.3) is 44.2 Å². The van der Waals surface area contributed by atoms with Crippen molar-refractivity contribution in [2.45, 2.75) is 57.3 Å². The molecular weight excluding hydrogens is 583 g/mol. The maximum absolute atomic E-state index is 6.20. The van der Waals surface area contributed by atoms with Gasteiger partial charge in [-0.15, -0.1) is 0 Å². The molecule has 0 unspecified atom stereocenters. The number of nitrogens with zero attached hydrogens (tertiary/aromatic N) is 1. The van der Waals surface area contributed by atoms with E-state index in [1.165, 1.54) is 72.8 Å². The van der Waals surface area contributed by atoms with Crippen LogP contribution in [-0.2, 0) is 5.41 Å². The van der Waals surface area contributed by atoms with Crippen LogP contribution in [0.5, 0.6) is 0 Å². The van der Waals surface area contributed by atoms with Gasteiger partial charge >= 0.3 is 0 Å². The zero-order valence-corrected chi connectivity index (χ0v) is 27.7. The van der Waals surface area contributed by atoms with Crippen molar-refractivity contribution in [1.29, 1.82) is 0 Å². The number of hydrogen-bond acceptors (Lipinski definition) is 2. The van der Waals surface area contributed by atoms with E-state index >= 15 is 0 Å². The van der Waals surface area contributed by atoms with Crippen LogP contribution in [0, 0.1) is 12.8 Å². The van der Waals surface area contributed by atoms with Gasteiger partial charge in [0.1, 0.15) is 11.2 Å². The van der Waals surface area contributed by atoms with E-state index in [-0.39, 0.29) is 0 Å². The molecule has 0 aliphatic heterocycles. The van der Waals surface area contributed by atoms with Crippen LogP contribution in [-0.4, -0.2) is 0 Å². The highest BCUT2D eigenvalue weighted by atomic mass is 16.3. The molecule has 2 aliphatic carbocycles. The quantitative estimate of drug-likeness (QED) is 0.183. The second-order valence-electron chi connectivity index (χ2n) is 14.2. The number of furan rings is 1. The lowest BCUT2D eigenvalue weighted by molar-refractivity contribution is 0.149. The highest BCUT2D eigenvalue weighted by Crippen LogP contribution is 2.51. The lowest BCUT2D eigenvalue weighted by Gasteiger charge is -2.46. The Morgan fingerprint density at radius 1 is 0.562 bits per heavy atom. The average Bonchev–Trinajstić information content (AvgIpc) is 3.51. The molecule has 9 rings (SSSR count). The summed E-state index contributed by atoms with van der Waals surface area (Å²) in [5, 5.41) is 2.27. The summed E-state index contributed by atoms with van der Waals surface area (Å²) in [5.74, 6) is 0.939. The fourth-order valence-corrected chi connectivity index (χ4v) is 8.91. The number of fused-ring (bicyclic) bond motifs is 5. The van der Waals surface area contributed by atoms with Gasteiger partial charge < -0.3 is 9.32 Å². The third-order valence-corrected chi connectivity index (χ3v) is 11.3. The van der Waals surface area contributed by atoms with Gasteiger partial charge in [0.2, 0.25) is 0 Å². The first-order valence-electron chi connectivity index (χ1n) is 17.7. The SMILES string of the molecule is Cc1cc(-c2ccccc2)ccc1N(c1ccc(-c2ccc(C34CCCC(CCC3)C4)cc2)cc1)c1ccc2oc3ccccc3c2c1. The van der Waals surface area contributed by atoms with Crippen molar-refractivity contribution in [3.05, 3.63) is 151 Å². The zero-order chi connectivity index (χ0) is 32.1. The van der Waals surface area contributed by atoms with Crippen molar-refractivity contribution >= 4 is 39.0 Å². The molecule has 1 heterocycles. The number of benzene rings is 6. The van der Waals surface area contributed by atoms with Gasteiger partial charge in [0, 0.05) is 27.8 Å². The molecule has 48 heavy (non-hydrogen) atoms. The maximum atomic E-state index is 6.20. The van der Waals surface area contributed by atoms with Crippen LogP contribution in [0.4, 0.5) is 17.1 Å². The summed E-state index contributed by atoms with van der Waals surface area (Å²) >= 11 is 0. The molecule has 2 bridgehead atoms. The van der Waals surface area contributed by atoms with E-state index in [9.17, 15) is 0 Å². The fourth-order valence-electron chi connectivity index (χ4n) is 8.91. The van der Waals surface area contributed by atoms with Gasteiger partial charge in [-0.1, -0.05) is 117 Å². The van der Waals surface area contributed by atoms with Crippen molar-refractivity contribution in [3.8, 4) is 22.3 Å². The summed E-state index contributed by atoms with van der Waals surface area (Å²) < 4.78 is 6.20. The Labute approximate surface area is 283 Å². The molecular formula is C46H41NO. The first kappa shape index (κ1) is 29.1. The standard InChI is InChI=1S/C46H41NO/c1-32-29-37(34-11-3-2-4-12-34)19-25-43(32)47(40-24-26-45-42(30-40)41-13-5-6-14-44(41)48-45)39-22-17-36(18-23-39)35-15-20-38(21-16-35)46-27-7-9-33(31-46)10-8-28-46/h2-6,11-26,29-30,33H,7-10,27-28,31H2,1H3. The van der Waals surface area contributed by atoms with Crippen LogP contribution in [0.3, 0.4) is 0 Å². The predicted octanol–water partition coefficient (Wildman–Crippen LogP) is 13.3. The zero-order valence-electron chi connectivity index (χ0n) is 27.7. The number of rotatable bonds is 6. The summed E-state index contributed by atoms with van der Waals surface area (Å²) in [6.45, 7) is 2.22. The Kier molecular flexibility index (Phi) is 7.19. The highest BCUT2D eigenvalue weighted by molar-refractivity contribution is 6.06. The Hall–Kier alpha value is -5.08. The minimum Gasteiger partial charge on any atom is -0.456 e. The summed E-state index contributed by atoms with van der Waals surface area (Å²) in [4.78, 5) is 2.39. The first-order valence-corrected chi connectivity index (χ1v) is 17.7. The average molecular weight is 624 g/mol. The highest BCUT2D eigenvalue weighted by Gasteiger charge is 2.40. The number of hydrogen-bond donors (Lipinski definition) is 0. The van der Waals surface area contributed by atoms with Gasteiger partial charge in [-0.3, -0.25) is 0 Å². The molecule has 236 valence electrons. The maximum Gasteiger partial charge on any atom is 0.135 e. The van der Waals surface area contributed by atoms with E-state index in [1.807, 2.05) is 12.1 Å². The van der Waals surface area contributed by atoms with E-state index in [1.54, 1.807) is 5.56 Å². The Morgan fingerprint density at radius 3 is 1.94 bits per heavy atom. The van der Waals surface area contributed by atoms with Gasteiger partial charge in [0.15, 0.2) is 0 Å². The number of anilines is 3. The lowest BCUT2D eigenvalue weighted by atomic mass is 9.59. The van der Waals surface area contributed by atoms with Gasteiger partial charge in [0.25, 0.3) is 0 Å². The molecule has 2 aliphatic rings. The second-order valence-corrected chi connectivity index (χ2v) is 14.2. The third kappa shape index (κ3) is 5.11. The molecule has 0 atom stereocenters. The third-order valence-electron chi connectivity index (χ3n) is 11.3. The molecule has 6 aromatic carbocycles. The molecule has 1 aromatic heterocycles. The summed E-state index contributed by atoms with van der Waals surface area (Å²) in [5.41, 5.74) is 13.4. The number of aryl methyl sites for hydroxylation is 1. The van der Waals surface area contributed by atoms with E-state index in [4.69, 9.17) is 4.42 Å². The molecule has 2 fully saturated rings. The smallest absolute Gasteiger partial charge is 0.135 e. The van der Waals surface area contributed by atoms with Crippen LogP contribution in [0.15, 0.2) is 144 Å². The lowest BCUT2D eigenvalue weighted by Crippen LogP contribution is -2.36. The molecule has 0 N–H and O–H groups in total. The van der Waals surface area contributed by atoms with Gasteiger partial charge in [-0.05, 0) is 119 Å². The van der Waals surface area contributed by atoms with Crippen molar-refractivity contribution in [1.82, 2.24) is 0 Å². The molecule has 7 aromatic rings. The summed E-state index contributed by atoms with van der Waals surface area (Å²) in [6.07, 6.45) is 9.77. The topological polar surface area (TPSA) is 16.4 Å². The summed E-state index contributed by atoms with van der Waals surface area (Å²) in [6, 6.07) is 51.0. The molecule has 0 spiro atoms. The van der Waals surface area contributed by atoms with E-state index in [0.717, 1.165) is 44.9 Å². The Morgan fingerprint density at radius 2 is 1.19 bits per heavy atom. The van der Waals surface area contributed by atoms with Crippen molar-refractivity contribution in [3.63, 3.8) is 0 Å². The molecule has 2 nitrogen and oxygen atoms in total. The molecule has 0 radical (unpaired) electrons. The predicted molar refractivity (Wildman–Crippen MR) is 201 cm³/mol. The minimum absolute atomic E-state index is 0.416. The molecule has 2 saturated carbocycles. The van der Waals surface area contributed by atoms with E-state index < -0.39 is 0 Å². The first-order chi connectivity index (χ1) is 23.6. The molecule has 2 heteroatoms. The van der Waals surface area contributed by atoms with Gasteiger partial charge in [-0.2, -0.15) is 0 Å². The normalized spacial score (nSPS) is 19.1.